The molecule has 2 rings (SSSR count). The molecule has 0 radical (unpaired) electrons. The summed E-state index contributed by atoms with van der Waals surface area (Å²) in [7, 11) is 0. The normalized spacial score (nSPS) is 10.6. The van der Waals surface area contributed by atoms with Gasteiger partial charge in [-0.3, -0.25) is 9.59 Å². The van der Waals surface area contributed by atoms with E-state index in [9.17, 15) is 14.0 Å². The first-order valence-electron chi connectivity index (χ1n) is 7.63. The quantitative estimate of drug-likeness (QED) is 0.452. The van der Waals surface area contributed by atoms with E-state index in [4.69, 9.17) is 11.6 Å². The minimum absolute atomic E-state index is 0.0665. The van der Waals surface area contributed by atoms with Crippen molar-refractivity contribution in [1.82, 2.24) is 10.7 Å². The summed E-state index contributed by atoms with van der Waals surface area (Å²) >= 11 is 5.83. The molecule has 2 aromatic carbocycles. The van der Waals surface area contributed by atoms with Crippen molar-refractivity contribution in [3.63, 3.8) is 0 Å². The standard InChI is InChI=1S/C18H17ClFN3O2/c19-15-7-4-8-16(20)14(15)12-22-23-18(25)11-17(24)21-10-9-13-5-2-1-3-6-13/h1-8,12H,9-11H2,(H,21,24)(H,23,25). The summed E-state index contributed by atoms with van der Waals surface area (Å²) in [4.78, 5) is 23.3. The SMILES string of the molecule is O=C(CC(=O)NN=Cc1c(F)cccc1Cl)NCCc1ccccc1. The summed E-state index contributed by atoms with van der Waals surface area (Å²) in [6, 6.07) is 13.9. The van der Waals surface area contributed by atoms with Crippen LogP contribution in [-0.2, 0) is 16.0 Å². The Labute approximate surface area is 149 Å². The van der Waals surface area contributed by atoms with Crippen molar-refractivity contribution >= 4 is 29.6 Å². The summed E-state index contributed by atoms with van der Waals surface area (Å²) in [6.07, 6.45) is 1.41. The van der Waals surface area contributed by atoms with Gasteiger partial charge < -0.3 is 5.32 Å². The zero-order valence-corrected chi connectivity index (χ0v) is 14.1. The highest BCUT2D eigenvalue weighted by molar-refractivity contribution is 6.33. The van der Waals surface area contributed by atoms with Crippen LogP contribution < -0.4 is 10.7 Å². The van der Waals surface area contributed by atoms with E-state index in [2.05, 4.69) is 15.8 Å². The maximum Gasteiger partial charge on any atom is 0.249 e. The van der Waals surface area contributed by atoms with E-state index in [0.29, 0.717) is 13.0 Å². The average molecular weight is 362 g/mol. The number of nitrogens with zero attached hydrogens (tertiary/aromatic N) is 1. The highest BCUT2D eigenvalue weighted by atomic mass is 35.5. The third-order valence-electron chi connectivity index (χ3n) is 3.28. The van der Waals surface area contributed by atoms with Crippen molar-refractivity contribution in [3.05, 3.63) is 70.5 Å². The van der Waals surface area contributed by atoms with E-state index in [-0.39, 0.29) is 17.0 Å². The maximum atomic E-state index is 13.5. The van der Waals surface area contributed by atoms with Crippen molar-refractivity contribution in [1.29, 1.82) is 0 Å². The lowest BCUT2D eigenvalue weighted by Crippen LogP contribution is -2.31. The van der Waals surface area contributed by atoms with Crippen LogP contribution in [0.4, 0.5) is 4.39 Å². The van der Waals surface area contributed by atoms with Crippen LogP contribution in [0.5, 0.6) is 0 Å². The molecule has 25 heavy (non-hydrogen) atoms. The minimum Gasteiger partial charge on any atom is -0.355 e. The van der Waals surface area contributed by atoms with Gasteiger partial charge in [0.2, 0.25) is 11.8 Å². The van der Waals surface area contributed by atoms with E-state index >= 15 is 0 Å². The van der Waals surface area contributed by atoms with Gasteiger partial charge in [0.25, 0.3) is 0 Å². The Hall–Kier alpha value is -2.73. The lowest BCUT2D eigenvalue weighted by Gasteiger charge is -2.05. The third kappa shape index (κ3) is 6.35. The Bertz CT molecular complexity index is 746. The number of hydrogen-bond acceptors (Lipinski definition) is 3. The number of rotatable bonds is 7. The molecule has 0 saturated carbocycles. The molecule has 0 saturated heterocycles. The van der Waals surface area contributed by atoms with Gasteiger partial charge in [0.1, 0.15) is 12.2 Å². The Morgan fingerprint density at radius 3 is 2.56 bits per heavy atom. The number of amides is 2. The monoisotopic (exact) mass is 361 g/mol. The Kier molecular flexibility index (Phi) is 7.10. The molecule has 0 heterocycles. The van der Waals surface area contributed by atoms with E-state index in [0.717, 1.165) is 11.8 Å². The number of hydrogen-bond donors (Lipinski definition) is 2. The summed E-state index contributed by atoms with van der Waals surface area (Å²) < 4.78 is 13.5. The van der Waals surface area contributed by atoms with Crippen LogP contribution in [-0.4, -0.2) is 24.6 Å². The first kappa shape index (κ1) is 18.6. The minimum atomic E-state index is -0.596. The predicted octanol–water partition coefficient (Wildman–Crippen LogP) is 2.68. The lowest BCUT2D eigenvalue weighted by molar-refractivity contribution is -0.129. The highest BCUT2D eigenvalue weighted by Gasteiger charge is 2.08. The molecule has 130 valence electrons. The van der Waals surface area contributed by atoms with E-state index in [1.54, 1.807) is 0 Å². The van der Waals surface area contributed by atoms with E-state index in [1.165, 1.54) is 18.2 Å². The number of halogens is 2. The topological polar surface area (TPSA) is 70.6 Å². The molecule has 0 aliphatic carbocycles. The molecular weight excluding hydrogens is 345 g/mol. The second-order valence-corrected chi connectivity index (χ2v) is 5.60. The van der Waals surface area contributed by atoms with Crippen molar-refractivity contribution in [2.45, 2.75) is 12.8 Å². The van der Waals surface area contributed by atoms with Gasteiger partial charge in [0, 0.05) is 12.1 Å². The number of carbonyl (C=O) groups is 2. The van der Waals surface area contributed by atoms with Crippen LogP contribution in [0.2, 0.25) is 5.02 Å². The zero-order valence-electron chi connectivity index (χ0n) is 13.3. The van der Waals surface area contributed by atoms with Crippen molar-refractivity contribution < 1.29 is 14.0 Å². The number of hydrazone groups is 1. The van der Waals surface area contributed by atoms with Gasteiger partial charge in [-0.1, -0.05) is 48.0 Å². The molecule has 0 bridgehead atoms. The van der Waals surface area contributed by atoms with Gasteiger partial charge in [0.15, 0.2) is 0 Å². The molecule has 0 atom stereocenters. The van der Waals surface area contributed by atoms with Gasteiger partial charge in [-0.2, -0.15) is 5.10 Å². The fourth-order valence-electron chi connectivity index (χ4n) is 2.04. The van der Waals surface area contributed by atoms with Crippen LogP contribution in [0.15, 0.2) is 53.6 Å². The molecule has 2 amide bonds. The van der Waals surface area contributed by atoms with Gasteiger partial charge in [-0.05, 0) is 24.1 Å². The molecule has 0 aliphatic rings. The Balaban J connectivity index is 1.72. The molecule has 2 aromatic rings. The van der Waals surface area contributed by atoms with E-state index < -0.39 is 17.6 Å². The lowest BCUT2D eigenvalue weighted by atomic mass is 10.1. The molecule has 0 unspecified atom stereocenters. The molecule has 0 fully saturated rings. The first-order chi connectivity index (χ1) is 12.1. The summed E-state index contributed by atoms with van der Waals surface area (Å²) in [5.74, 6) is -1.56. The van der Waals surface area contributed by atoms with Crippen LogP contribution in [0.1, 0.15) is 17.5 Å². The maximum absolute atomic E-state index is 13.5. The Morgan fingerprint density at radius 2 is 1.84 bits per heavy atom. The molecule has 5 nitrogen and oxygen atoms in total. The van der Waals surface area contributed by atoms with Gasteiger partial charge in [-0.15, -0.1) is 0 Å². The number of benzene rings is 2. The summed E-state index contributed by atoms with van der Waals surface area (Å²) in [5, 5.41) is 6.45. The van der Waals surface area contributed by atoms with Gasteiger partial charge >= 0.3 is 0 Å². The fourth-order valence-corrected chi connectivity index (χ4v) is 2.25. The van der Waals surface area contributed by atoms with Crippen molar-refractivity contribution in [2.75, 3.05) is 6.54 Å². The highest BCUT2D eigenvalue weighted by Crippen LogP contribution is 2.16. The molecule has 0 spiro atoms. The van der Waals surface area contributed by atoms with Gasteiger partial charge in [0.05, 0.1) is 11.2 Å². The molecule has 7 heteroatoms. The number of carbonyl (C=O) groups excluding carboxylic acids is 2. The molecule has 2 N–H and O–H groups in total. The molecular formula is C18H17ClFN3O2. The fraction of sp³-hybridized carbons (Fsp3) is 0.167. The van der Waals surface area contributed by atoms with Gasteiger partial charge in [-0.25, -0.2) is 9.82 Å². The molecule has 0 aliphatic heterocycles. The third-order valence-corrected chi connectivity index (χ3v) is 3.61. The van der Waals surface area contributed by atoms with Crippen molar-refractivity contribution in [2.24, 2.45) is 5.10 Å². The van der Waals surface area contributed by atoms with Crippen LogP contribution in [0.25, 0.3) is 0 Å². The van der Waals surface area contributed by atoms with Crippen LogP contribution in [0, 0.1) is 5.82 Å². The second-order valence-electron chi connectivity index (χ2n) is 5.19. The largest absolute Gasteiger partial charge is 0.355 e. The van der Waals surface area contributed by atoms with Crippen LogP contribution in [0.3, 0.4) is 0 Å². The first-order valence-corrected chi connectivity index (χ1v) is 8.00. The zero-order chi connectivity index (χ0) is 18.1. The van der Waals surface area contributed by atoms with Crippen molar-refractivity contribution in [3.8, 4) is 0 Å². The van der Waals surface area contributed by atoms with Crippen LogP contribution >= 0.6 is 11.6 Å². The average Bonchev–Trinajstić information content (AvgIpc) is 2.58. The second kappa shape index (κ2) is 9.54. The number of nitrogens with one attached hydrogen (secondary N) is 2. The summed E-state index contributed by atoms with van der Waals surface area (Å²) in [6.45, 7) is 0.435. The van der Waals surface area contributed by atoms with E-state index in [1.807, 2.05) is 30.3 Å². The Morgan fingerprint density at radius 1 is 1.08 bits per heavy atom. The smallest absolute Gasteiger partial charge is 0.249 e. The predicted molar refractivity (Wildman–Crippen MR) is 94.9 cm³/mol. The molecule has 0 aromatic heterocycles. The summed E-state index contributed by atoms with van der Waals surface area (Å²) in [5.41, 5.74) is 3.33.